The van der Waals surface area contributed by atoms with Crippen LogP contribution in [0.4, 0.5) is 4.39 Å². The maximum absolute atomic E-state index is 13.3. The monoisotopic (exact) mass is 433 g/mol. The number of thioether (sulfide) groups is 1. The molecular formula is C21H21ClFN3O2S. The van der Waals surface area contributed by atoms with Crippen molar-refractivity contribution in [3.05, 3.63) is 58.9 Å². The molecule has 2 heterocycles. The topological polar surface area (TPSA) is 49.2 Å². The SMILES string of the molecule is COc1ccc(-c2nnc(SCc3ccc(F)cc3Cl)n2CC2CCCO2)cc1. The summed E-state index contributed by atoms with van der Waals surface area (Å²) in [6, 6.07) is 12.2. The van der Waals surface area contributed by atoms with Crippen molar-refractivity contribution in [2.24, 2.45) is 0 Å². The number of benzene rings is 2. The molecule has 8 heteroatoms. The molecule has 0 spiro atoms. The van der Waals surface area contributed by atoms with Gasteiger partial charge in [-0.3, -0.25) is 4.57 Å². The predicted octanol–water partition coefficient (Wildman–Crippen LogP) is 5.22. The summed E-state index contributed by atoms with van der Waals surface area (Å²) in [5, 5.41) is 10.0. The molecule has 4 rings (SSSR count). The number of rotatable bonds is 7. The zero-order valence-electron chi connectivity index (χ0n) is 16.0. The van der Waals surface area contributed by atoms with Gasteiger partial charge in [-0.1, -0.05) is 29.4 Å². The molecule has 0 amide bonds. The van der Waals surface area contributed by atoms with E-state index in [-0.39, 0.29) is 11.9 Å². The Morgan fingerprint density at radius 2 is 2.07 bits per heavy atom. The minimum atomic E-state index is -0.341. The van der Waals surface area contributed by atoms with Crippen molar-refractivity contribution in [3.63, 3.8) is 0 Å². The van der Waals surface area contributed by atoms with Crippen LogP contribution in [0.3, 0.4) is 0 Å². The van der Waals surface area contributed by atoms with E-state index < -0.39 is 0 Å². The summed E-state index contributed by atoms with van der Waals surface area (Å²) in [5.74, 6) is 1.81. The molecule has 1 aromatic heterocycles. The molecule has 3 aromatic rings. The molecule has 152 valence electrons. The lowest BCUT2D eigenvalue weighted by molar-refractivity contribution is 0.0953. The lowest BCUT2D eigenvalue weighted by atomic mass is 10.2. The maximum atomic E-state index is 13.3. The number of nitrogens with zero attached hydrogens (tertiary/aromatic N) is 3. The fourth-order valence-corrected chi connectivity index (χ4v) is 4.55. The second-order valence-electron chi connectivity index (χ2n) is 6.80. The molecule has 0 aliphatic carbocycles. The fraction of sp³-hybridized carbons (Fsp3) is 0.333. The van der Waals surface area contributed by atoms with Crippen molar-refractivity contribution in [1.82, 2.24) is 14.8 Å². The molecule has 0 radical (unpaired) electrons. The number of methoxy groups -OCH3 is 1. The van der Waals surface area contributed by atoms with Crippen LogP contribution >= 0.6 is 23.4 Å². The standard InChI is InChI=1S/C21H21ClFN3O2S/c1-27-17-8-5-14(6-9-17)20-24-25-21(26(20)12-18-3-2-10-28-18)29-13-15-4-7-16(23)11-19(15)22/h4-9,11,18H,2-3,10,12-13H2,1H3. The second-order valence-corrected chi connectivity index (χ2v) is 8.15. The van der Waals surface area contributed by atoms with Crippen LogP contribution in [0.25, 0.3) is 11.4 Å². The van der Waals surface area contributed by atoms with Crippen molar-refractivity contribution < 1.29 is 13.9 Å². The number of hydrogen-bond acceptors (Lipinski definition) is 5. The Morgan fingerprint density at radius 3 is 2.76 bits per heavy atom. The van der Waals surface area contributed by atoms with Crippen LogP contribution in [0.2, 0.25) is 5.02 Å². The molecule has 5 nitrogen and oxygen atoms in total. The van der Waals surface area contributed by atoms with Gasteiger partial charge in [-0.2, -0.15) is 0 Å². The van der Waals surface area contributed by atoms with E-state index in [1.54, 1.807) is 13.2 Å². The van der Waals surface area contributed by atoms with Gasteiger partial charge in [0, 0.05) is 22.9 Å². The summed E-state index contributed by atoms with van der Waals surface area (Å²) in [4.78, 5) is 0. The molecule has 0 bridgehead atoms. The summed E-state index contributed by atoms with van der Waals surface area (Å²) in [5.41, 5.74) is 1.82. The van der Waals surface area contributed by atoms with Crippen molar-refractivity contribution in [3.8, 4) is 17.1 Å². The third-order valence-electron chi connectivity index (χ3n) is 4.85. The molecule has 1 unspecified atom stereocenters. The summed E-state index contributed by atoms with van der Waals surface area (Å²) in [7, 11) is 1.64. The maximum Gasteiger partial charge on any atom is 0.191 e. The molecule has 0 saturated carbocycles. The van der Waals surface area contributed by atoms with Crippen LogP contribution < -0.4 is 4.74 Å². The van der Waals surface area contributed by atoms with E-state index in [2.05, 4.69) is 14.8 Å². The minimum absolute atomic E-state index is 0.150. The summed E-state index contributed by atoms with van der Waals surface area (Å²) in [6.07, 6.45) is 2.24. The molecule has 1 aliphatic rings. The van der Waals surface area contributed by atoms with Gasteiger partial charge in [-0.15, -0.1) is 10.2 Å². The molecular weight excluding hydrogens is 413 g/mol. The van der Waals surface area contributed by atoms with Crippen LogP contribution in [-0.4, -0.2) is 34.6 Å². The minimum Gasteiger partial charge on any atom is -0.497 e. The lowest BCUT2D eigenvalue weighted by Crippen LogP contribution is -2.16. The Bertz CT molecular complexity index is 975. The Morgan fingerprint density at radius 1 is 1.24 bits per heavy atom. The highest BCUT2D eigenvalue weighted by atomic mass is 35.5. The van der Waals surface area contributed by atoms with Gasteiger partial charge in [-0.05, 0) is 54.8 Å². The van der Waals surface area contributed by atoms with Crippen LogP contribution in [-0.2, 0) is 17.0 Å². The number of aromatic nitrogens is 3. The van der Waals surface area contributed by atoms with E-state index in [0.29, 0.717) is 17.3 Å². The van der Waals surface area contributed by atoms with Crippen LogP contribution in [0.1, 0.15) is 18.4 Å². The Labute approximate surface area is 178 Å². The average Bonchev–Trinajstić information content (AvgIpc) is 3.38. The van der Waals surface area contributed by atoms with E-state index in [4.69, 9.17) is 21.1 Å². The molecule has 29 heavy (non-hydrogen) atoms. The third-order valence-corrected chi connectivity index (χ3v) is 6.21. The Hall–Kier alpha value is -2.09. The second kappa shape index (κ2) is 9.15. The summed E-state index contributed by atoms with van der Waals surface area (Å²) >= 11 is 7.70. The molecule has 0 N–H and O–H groups in total. The quantitative estimate of drug-likeness (QED) is 0.478. The van der Waals surface area contributed by atoms with Gasteiger partial charge in [0.1, 0.15) is 11.6 Å². The zero-order chi connectivity index (χ0) is 20.2. The van der Waals surface area contributed by atoms with Gasteiger partial charge in [0.25, 0.3) is 0 Å². The molecule has 1 atom stereocenters. The first kappa shape index (κ1) is 20.2. The van der Waals surface area contributed by atoms with Crippen LogP contribution in [0.5, 0.6) is 5.75 Å². The van der Waals surface area contributed by atoms with E-state index in [1.165, 1.54) is 23.9 Å². The predicted molar refractivity (Wildman–Crippen MR) is 112 cm³/mol. The van der Waals surface area contributed by atoms with E-state index in [0.717, 1.165) is 47.3 Å². The van der Waals surface area contributed by atoms with Crippen molar-refractivity contribution >= 4 is 23.4 Å². The van der Waals surface area contributed by atoms with E-state index in [1.807, 2.05) is 24.3 Å². The zero-order valence-corrected chi connectivity index (χ0v) is 17.5. The van der Waals surface area contributed by atoms with Gasteiger partial charge in [0.05, 0.1) is 19.8 Å². The van der Waals surface area contributed by atoms with Crippen molar-refractivity contribution in [2.45, 2.75) is 36.4 Å². The molecule has 1 saturated heterocycles. The normalized spacial score (nSPS) is 16.3. The van der Waals surface area contributed by atoms with Gasteiger partial charge < -0.3 is 9.47 Å². The lowest BCUT2D eigenvalue weighted by Gasteiger charge is -2.15. The number of hydrogen-bond donors (Lipinski definition) is 0. The highest BCUT2D eigenvalue weighted by Crippen LogP contribution is 2.31. The highest BCUT2D eigenvalue weighted by Gasteiger charge is 2.22. The number of halogens is 2. The Balaban J connectivity index is 1.60. The van der Waals surface area contributed by atoms with E-state index >= 15 is 0 Å². The number of ether oxygens (including phenoxy) is 2. The van der Waals surface area contributed by atoms with Gasteiger partial charge in [-0.25, -0.2) is 4.39 Å². The first-order valence-electron chi connectivity index (χ1n) is 9.40. The van der Waals surface area contributed by atoms with Gasteiger partial charge in [0.2, 0.25) is 0 Å². The van der Waals surface area contributed by atoms with Crippen molar-refractivity contribution in [1.29, 1.82) is 0 Å². The average molecular weight is 434 g/mol. The third kappa shape index (κ3) is 4.74. The highest BCUT2D eigenvalue weighted by molar-refractivity contribution is 7.98. The first-order chi connectivity index (χ1) is 14.1. The van der Waals surface area contributed by atoms with Gasteiger partial charge >= 0.3 is 0 Å². The summed E-state index contributed by atoms with van der Waals surface area (Å²) in [6.45, 7) is 1.48. The smallest absolute Gasteiger partial charge is 0.191 e. The summed E-state index contributed by atoms with van der Waals surface area (Å²) < 4.78 is 26.5. The molecule has 2 aromatic carbocycles. The van der Waals surface area contributed by atoms with Gasteiger partial charge in [0.15, 0.2) is 11.0 Å². The largest absolute Gasteiger partial charge is 0.497 e. The van der Waals surface area contributed by atoms with Crippen LogP contribution in [0, 0.1) is 5.82 Å². The fourth-order valence-electron chi connectivity index (χ4n) is 3.29. The molecule has 1 fully saturated rings. The first-order valence-corrected chi connectivity index (χ1v) is 10.8. The van der Waals surface area contributed by atoms with Crippen LogP contribution in [0.15, 0.2) is 47.6 Å². The van der Waals surface area contributed by atoms with E-state index in [9.17, 15) is 4.39 Å². The molecule has 1 aliphatic heterocycles. The van der Waals surface area contributed by atoms with Crippen molar-refractivity contribution in [2.75, 3.05) is 13.7 Å². The Kier molecular flexibility index (Phi) is 6.37.